The van der Waals surface area contributed by atoms with Gasteiger partial charge in [0.25, 0.3) is 0 Å². The van der Waals surface area contributed by atoms with E-state index in [1.54, 1.807) is 0 Å². The zero-order valence-corrected chi connectivity index (χ0v) is 11.8. The van der Waals surface area contributed by atoms with Crippen LogP contribution in [0, 0.1) is 20.8 Å². The van der Waals surface area contributed by atoms with Crippen LogP contribution in [-0.4, -0.2) is 0 Å². The predicted molar refractivity (Wildman–Crippen MR) is 79.4 cm³/mol. The van der Waals surface area contributed by atoms with Crippen LogP contribution in [0.5, 0.6) is 0 Å². The van der Waals surface area contributed by atoms with Gasteiger partial charge in [-0.2, -0.15) is 0 Å². The first-order valence-electron chi connectivity index (χ1n) is 5.86. The molecule has 0 amide bonds. The van der Waals surface area contributed by atoms with Gasteiger partial charge in [0.05, 0.1) is 0 Å². The largest absolute Gasteiger partial charge is 0.0961 e. The normalized spacial score (nSPS) is 9.71. The lowest BCUT2D eigenvalue weighted by atomic mass is 10.1. The maximum Gasteiger partial charge on any atom is -0.0395 e. The molecule has 0 radical (unpaired) electrons. The first-order chi connectivity index (χ1) is 7.82. The number of aryl methyl sites for hydroxylation is 3. The molecule has 0 aliphatic carbocycles. The van der Waals surface area contributed by atoms with Crippen molar-refractivity contribution < 1.29 is 0 Å². The summed E-state index contributed by atoms with van der Waals surface area (Å²) in [5, 5.41) is 0. The Morgan fingerprint density at radius 2 is 1.35 bits per heavy atom. The van der Waals surface area contributed by atoms with Crippen molar-refractivity contribution in [3.05, 3.63) is 71.3 Å². The van der Waals surface area contributed by atoms with Crippen molar-refractivity contribution in [1.82, 2.24) is 0 Å². The first kappa shape index (κ1) is 15.4. The van der Waals surface area contributed by atoms with Crippen LogP contribution in [-0.2, 0) is 0 Å². The van der Waals surface area contributed by atoms with Crippen molar-refractivity contribution in [2.75, 3.05) is 0 Å². The molecule has 0 aromatic heterocycles. The smallest absolute Gasteiger partial charge is 0.0395 e. The number of allylic oxidation sites excluding steroid dienone is 4. The molecule has 1 rings (SSSR count). The summed E-state index contributed by atoms with van der Waals surface area (Å²) >= 11 is 0. The molecule has 0 heterocycles. The summed E-state index contributed by atoms with van der Waals surface area (Å²) in [4.78, 5) is 0. The van der Waals surface area contributed by atoms with Crippen LogP contribution >= 0.6 is 0 Å². The second-order valence-corrected chi connectivity index (χ2v) is 4.61. The van der Waals surface area contributed by atoms with E-state index in [4.69, 9.17) is 0 Å². The first-order valence-corrected chi connectivity index (χ1v) is 5.86. The summed E-state index contributed by atoms with van der Waals surface area (Å²) in [6, 6.07) is 6.50. The Morgan fingerprint density at radius 1 is 0.882 bits per heavy atom. The van der Waals surface area contributed by atoms with Crippen LogP contribution in [0.2, 0.25) is 0 Å². The van der Waals surface area contributed by atoms with Gasteiger partial charge in [-0.05, 0) is 45.7 Å². The molecule has 0 aliphatic rings. The maximum absolute atomic E-state index is 3.70. The molecular weight excluding hydrogens is 204 g/mol. The lowest BCUT2D eigenvalue weighted by molar-refractivity contribution is 1.30. The fourth-order valence-electron chi connectivity index (χ4n) is 1.18. The van der Waals surface area contributed by atoms with E-state index >= 15 is 0 Å². The van der Waals surface area contributed by atoms with Crippen LogP contribution in [0.3, 0.4) is 0 Å². The maximum atomic E-state index is 3.70. The third kappa shape index (κ3) is 8.27. The van der Waals surface area contributed by atoms with Crippen molar-refractivity contribution in [2.45, 2.75) is 34.6 Å². The van der Waals surface area contributed by atoms with Gasteiger partial charge in [-0.3, -0.25) is 0 Å². The van der Waals surface area contributed by atoms with Crippen LogP contribution in [0.25, 0.3) is 0 Å². The number of hydrogen-bond acceptors (Lipinski definition) is 0. The summed E-state index contributed by atoms with van der Waals surface area (Å²) in [5.41, 5.74) is 6.23. The van der Waals surface area contributed by atoms with E-state index in [1.165, 1.54) is 16.7 Å². The molecule has 0 fully saturated rings. The molecule has 1 aromatic carbocycles. The number of rotatable bonds is 2. The standard InChI is InChI=1S/C9H12.C8H12/c1-7-4-5-8(2)9(3)6-7;1-7(2)5-6-8(3)4/h4-6H,1-3H3;5-6H,1,3H2,2,4H3/b;6-5-. The van der Waals surface area contributed by atoms with Crippen molar-refractivity contribution in [3.63, 3.8) is 0 Å². The van der Waals surface area contributed by atoms with Crippen molar-refractivity contribution in [3.8, 4) is 0 Å². The highest BCUT2D eigenvalue weighted by Gasteiger charge is 1.89. The van der Waals surface area contributed by atoms with Gasteiger partial charge in [-0.15, -0.1) is 0 Å². The molecule has 0 saturated carbocycles. The Balaban J connectivity index is 0.000000304. The van der Waals surface area contributed by atoms with Crippen LogP contribution in [0.1, 0.15) is 30.5 Å². The summed E-state index contributed by atoms with van der Waals surface area (Å²) in [6.45, 7) is 17.7. The van der Waals surface area contributed by atoms with Gasteiger partial charge in [-0.1, -0.05) is 60.2 Å². The minimum atomic E-state index is 1.06. The number of benzene rings is 1. The van der Waals surface area contributed by atoms with Gasteiger partial charge in [-0.25, -0.2) is 0 Å². The summed E-state index contributed by atoms with van der Waals surface area (Å²) < 4.78 is 0. The summed E-state index contributed by atoms with van der Waals surface area (Å²) in [6.07, 6.45) is 3.89. The highest BCUT2D eigenvalue weighted by molar-refractivity contribution is 5.28. The van der Waals surface area contributed by atoms with E-state index in [0.29, 0.717) is 0 Å². The number of hydrogen-bond donors (Lipinski definition) is 0. The SMILES string of the molecule is C=C(C)/C=C\C(=C)C.Cc1ccc(C)c(C)c1. The molecule has 92 valence electrons. The average molecular weight is 228 g/mol. The zero-order chi connectivity index (χ0) is 13.4. The van der Waals surface area contributed by atoms with Crippen molar-refractivity contribution in [2.24, 2.45) is 0 Å². The molecule has 0 spiro atoms. The molecule has 0 heteroatoms. The Morgan fingerprint density at radius 3 is 1.65 bits per heavy atom. The minimum absolute atomic E-state index is 1.06. The highest BCUT2D eigenvalue weighted by atomic mass is 13.9. The van der Waals surface area contributed by atoms with Gasteiger partial charge in [0, 0.05) is 0 Å². The molecule has 0 nitrogen and oxygen atoms in total. The van der Waals surface area contributed by atoms with E-state index in [-0.39, 0.29) is 0 Å². The molecule has 0 N–H and O–H groups in total. The molecule has 0 saturated heterocycles. The average Bonchev–Trinajstić information content (AvgIpc) is 2.22. The van der Waals surface area contributed by atoms with Gasteiger partial charge >= 0.3 is 0 Å². The van der Waals surface area contributed by atoms with E-state index in [0.717, 1.165) is 11.1 Å². The second-order valence-electron chi connectivity index (χ2n) is 4.61. The van der Waals surface area contributed by atoms with Gasteiger partial charge in [0.1, 0.15) is 0 Å². The van der Waals surface area contributed by atoms with Crippen LogP contribution < -0.4 is 0 Å². The van der Waals surface area contributed by atoms with Gasteiger partial charge in [0.15, 0.2) is 0 Å². The van der Waals surface area contributed by atoms with Crippen LogP contribution in [0.15, 0.2) is 54.7 Å². The molecule has 17 heavy (non-hydrogen) atoms. The Kier molecular flexibility index (Phi) is 6.97. The Labute approximate surface area is 106 Å². The van der Waals surface area contributed by atoms with E-state index in [9.17, 15) is 0 Å². The summed E-state index contributed by atoms with van der Waals surface area (Å²) in [7, 11) is 0. The minimum Gasteiger partial charge on any atom is -0.0961 e. The van der Waals surface area contributed by atoms with E-state index < -0.39 is 0 Å². The molecule has 0 bridgehead atoms. The Hall–Kier alpha value is -1.56. The zero-order valence-electron chi connectivity index (χ0n) is 11.8. The van der Waals surface area contributed by atoms with Crippen LogP contribution in [0.4, 0.5) is 0 Å². The third-order valence-corrected chi connectivity index (χ3v) is 2.31. The molecule has 0 aliphatic heterocycles. The van der Waals surface area contributed by atoms with Gasteiger partial charge in [0.2, 0.25) is 0 Å². The fraction of sp³-hybridized carbons (Fsp3) is 0.294. The molecule has 1 aromatic rings. The lowest BCUT2D eigenvalue weighted by Gasteiger charge is -1.98. The Bertz CT molecular complexity index is 404. The van der Waals surface area contributed by atoms with Crippen molar-refractivity contribution >= 4 is 0 Å². The fourth-order valence-corrected chi connectivity index (χ4v) is 1.18. The summed E-state index contributed by atoms with van der Waals surface area (Å²) in [5.74, 6) is 0. The predicted octanol–water partition coefficient (Wildman–Crippen LogP) is 5.31. The third-order valence-electron chi connectivity index (χ3n) is 2.31. The van der Waals surface area contributed by atoms with Gasteiger partial charge < -0.3 is 0 Å². The monoisotopic (exact) mass is 228 g/mol. The lowest BCUT2D eigenvalue weighted by Crippen LogP contribution is -1.79. The van der Waals surface area contributed by atoms with Crippen molar-refractivity contribution in [1.29, 1.82) is 0 Å². The van der Waals surface area contributed by atoms with E-state index in [2.05, 4.69) is 52.1 Å². The quantitative estimate of drug-likeness (QED) is 0.602. The topological polar surface area (TPSA) is 0 Å². The molecular formula is C17H24. The highest BCUT2D eigenvalue weighted by Crippen LogP contribution is 2.07. The molecule has 0 unspecified atom stereocenters. The van der Waals surface area contributed by atoms with E-state index in [1.807, 2.05) is 26.0 Å². The second kappa shape index (κ2) is 7.67. The molecule has 0 atom stereocenters.